The summed E-state index contributed by atoms with van der Waals surface area (Å²) >= 11 is 3.34. The summed E-state index contributed by atoms with van der Waals surface area (Å²) in [6.45, 7) is 12.4. The van der Waals surface area contributed by atoms with Gasteiger partial charge in [-0.1, -0.05) is 67.0 Å². The average Bonchev–Trinajstić information content (AvgIpc) is 2.44. The fourth-order valence-electron chi connectivity index (χ4n) is 1.88. The van der Waals surface area contributed by atoms with Crippen molar-refractivity contribution in [1.82, 2.24) is 0 Å². The van der Waals surface area contributed by atoms with E-state index >= 15 is 0 Å². The maximum atomic E-state index is 12.6. The number of rotatable bonds is 6. The summed E-state index contributed by atoms with van der Waals surface area (Å²) in [4.78, 5) is 11.9. The van der Waals surface area contributed by atoms with Crippen molar-refractivity contribution in [2.45, 2.75) is 62.9 Å². The second-order valence-electron chi connectivity index (χ2n) is 7.18. The van der Waals surface area contributed by atoms with Crippen LogP contribution in [0.5, 0.6) is 0 Å². The third-order valence-electron chi connectivity index (χ3n) is 4.37. The summed E-state index contributed by atoms with van der Waals surface area (Å²) in [6, 6.07) is 9.19. The number of hydrogen-bond donors (Lipinski definition) is 1. The summed E-state index contributed by atoms with van der Waals surface area (Å²) < 4.78 is 6.12. The number of halogens is 1. The van der Waals surface area contributed by atoms with Crippen LogP contribution < -0.4 is 0 Å². The quantitative estimate of drug-likeness (QED) is 0.579. The molecule has 0 aliphatic rings. The Balaban J connectivity index is 2.78. The zero-order chi connectivity index (χ0) is 17.1. The van der Waals surface area contributed by atoms with Crippen molar-refractivity contribution in [3.63, 3.8) is 0 Å². The molecular weight excluding hydrogens is 360 g/mol. The number of carbonyl (C=O) groups excluding carboxylic acids is 1. The van der Waals surface area contributed by atoms with Crippen LogP contribution in [0.4, 0.5) is 0 Å². The molecule has 1 aromatic rings. The molecule has 3 nitrogen and oxygen atoms in total. The second-order valence-corrected chi connectivity index (χ2v) is 12.9. The molecule has 1 rings (SSSR count). The molecule has 0 aromatic heterocycles. The van der Waals surface area contributed by atoms with Crippen LogP contribution in [0.2, 0.25) is 18.1 Å². The fraction of sp³-hybridized carbons (Fsp3) is 0.588. The van der Waals surface area contributed by atoms with Gasteiger partial charge >= 0.3 is 0 Å². The van der Waals surface area contributed by atoms with Crippen molar-refractivity contribution in [3.8, 4) is 0 Å². The standard InChI is InChI=1S/C17H27BrO3Si/c1-12(21-22(5,6)17(2,3)4)15(19)14(18)16(20)13-10-8-7-9-11-13/h7-12,14,16,20H,1-6H3/t12-,14-,16-/m0/s1. The first-order valence-corrected chi connectivity index (χ1v) is 11.4. The van der Waals surface area contributed by atoms with Gasteiger partial charge in [-0.05, 0) is 30.6 Å². The van der Waals surface area contributed by atoms with Crippen LogP contribution in [0, 0.1) is 0 Å². The van der Waals surface area contributed by atoms with Gasteiger partial charge in [0.15, 0.2) is 14.1 Å². The molecule has 0 bridgehead atoms. The molecule has 0 aliphatic heterocycles. The van der Waals surface area contributed by atoms with Gasteiger partial charge < -0.3 is 9.53 Å². The number of alkyl halides is 1. The molecule has 0 heterocycles. The number of ketones is 1. The summed E-state index contributed by atoms with van der Waals surface area (Å²) in [5, 5.41) is 10.4. The lowest BCUT2D eigenvalue weighted by Gasteiger charge is -2.38. The monoisotopic (exact) mass is 386 g/mol. The Morgan fingerprint density at radius 1 is 1.23 bits per heavy atom. The Bertz CT molecular complexity index is 496. The largest absolute Gasteiger partial charge is 0.407 e. The molecule has 3 atom stereocenters. The fourth-order valence-corrected chi connectivity index (χ4v) is 3.91. The van der Waals surface area contributed by atoms with Gasteiger partial charge in [0.05, 0.1) is 6.10 Å². The summed E-state index contributed by atoms with van der Waals surface area (Å²) in [5.41, 5.74) is 0.720. The van der Waals surface area contributed by atoms with Crippen molar-refractivity contribution < 1.29 is 14.3 Å². The van der Waals surface area contributed by atoms with E-state index in [2.05, 4.69) is 49.8 Å². The van der Waals surface area contributed by atoms with Gasteiger partial charge in [-0.15, -0.1) is 0 Å². The summed E-state index contributed by atoms with van der Waals surface area (Å²) in [5.74, 6) is -0.124. The number of carbonyl (C=O) groups is 1. The Kier molecular flexibility index (Phi) is 6.56. The third kappa shape index (κ3) is 4.75. The zero-order valence-corrected chi connectivity index (χ0v) is 16.8. The Morgan fingerprint density at radius 3 is 2.18 bits per heavy atom. The Morgan fingerprint density at radius 2 is 1.73 bits per heavy atom. The first kappa shape index (κ1) is 19.6. The van der Waals surface area contributed by atoms with E-state index in [0.717, 1.165) is 5.56 Å². The molecule has 0 saturated carbocycles. The highest BCUT2D eigenvalue weighted by Gasteiger charge is 2.41. The molecule has 0 spiro atoms. The molecule has 0 unspecified atom stereocenters. The maximum absolute atomic E-state index is 12.6. The minimum Gasteiger partial charge on any atom is -0.407 e. The van der Waals surface area contributed by atoms with E-state index in [0.29, 0.717) is 0 Å². The number of aliphatic hydroxyl groups excluding tert-OH is 1. The maximum Gasteiger partial charge on any atom is 0.193 e. The Labute approximate surface area is 143 Å². The summed E-state index contributed by atoms with van der Waals surface area (Å²) in [7, 11) is -2.01. The topological polar surface area (TPSA) is 46.5 Å². The number of aliphatic hydroxyl groups is 1. The molecule has 124 valence electrons. The lowest BCUT2D eigenvalue weighted by Crippen LogP contribution is -2.46. The van der Waals surface area contributed by atoms with Crippen molar-refractivity contribution in [1.29, 1.82) is 0 Å². The molecule has 1 N–H and O–H groups in total. The number of hydrogen-bond acceptors (Lipinski definition) is 3. The van der Waals surface area contributed by atoms with E-state index in [1.54, 1.807) is 6.92 Å². The predicted octanol–water partition coefficient (Wildman–Crippen LogP) is 4.46. The zero-order valence-electron chi connectivity index (χ0n) is 14.3. The summed E-state index contributed by atoms with van der Waals surface area (Å²) in [6.07, 6.45) is -1.41. The normalized spacial score (nSPS) is 16.9. The highest BCUT2D eigenvalue weighted by Crippen LogP contribution is 2.38. The molecule has 0 aliphatic carbocycles. The molecule has 0 fully saturated rings. The SMILES string of the molecule is C[C@H](O[Si](C)(C)C(C)(C)C)C(=O)[C@H](Br)[C@@H](O)c1ccccc1. The van der Waals surface area contributed by atoms with Gasteiger partial charge in [-0.25, -0.2) is 0 Å². The van der Waals surface area contributed by atoms with Crippen LogP contribution in [-0.4, -0.2) is 30.1 Å². The van der Waals surface area contributed by atoms with Crippen LogP contribution >= 0.6 is 15.9 Å². The van der Waals surface area contributed by atoms with Crippen LogP contribution in [-0.2, 0) is 9.22 Å². The molecule has 0 amide bonds. The Hall–Kier alpha value is -0.493. The van der Waals surface area contributed by atoms with Gasteiger partial charge in [0.25, 0.3) is 0 Å². The smallest absolute Gasteiger partial charge is 0.193 e. The third-order valence-corrected chi connectivity index (χ3v) is 9.88. The van der Waals surface area contributed by atoms with E-state index in [4.69, 9.17) is 4.43 Å². The van der Waals surface area contributed by atoms with Crippen LogP contribution in [0.3, 0.4) is 0 Å². The highest BCUT2D eigenvalue weighted by molar-refractivity contribution is 9.10. The average molecular weight is 387 g/mol. The first-order valence-electron chi connectivity index (χ1n) is 7.56. The van der Waals surface area contributed by atoms with E-state index in [-0.39, 0.29) is 10.8 Å². The highest BCUT2D eigenvalue weighted by atomic mass is 79.9. The van der Waals surface area contributed by atoms with Gasteiger partial charge in [-0.2, -0.15) is 0 Å². The van der Waals surface area contributed by atoms with Crippen LogP contribution in [0.15, 0.2) is 30.3 Å². The number of benzene rings is 1. The molecule has 5 heteroatoms. The van der Waals surface area contributed by atoms with E-state index in [1.165, 1.54) is 0 Å². The van der Waals surface area contributed by atoms with E-state index < -0.39 is 25.4 Å². The lowest BCUT2D eigenvalue weighted by molar-refractivity contribution is -0.126. The van der Waals surface area contributed by atoms with Gasteiger partial charge in [-0.3, -0.25) is 4.79 Å². The van der Waals surface area contributed by atoms with E-state index in [9.17, 15) is 9.90 Å². The molecule has 22 heavy (non-hydrogen) atoms. The van der Waals surface area contributed by atoms with Gasteiger partial charge in [0.1, 0.15) is 10.9 Å². The van der Waals surface area contributed by atoms with Crippen molar-refractivity contribution in [2.75, 3.05) is 0 Å². The molecular formula is C17H27BrO3Si. The number of Topliss-reactive ketones (excluding diaryl/α,β-unsaturated/α-hetero) is 1. The minimum absolute atomic E-state index is 0.0431. The molecule has 0 radical (unpaired) electrons. The predicted molar refractivity (Wildman–Crippen MR) is 96.9 cm³/mol. The molecule has 1 aromatic carbocycles. The van der Waals surface area contributed by atoms with Crippen molar-refractivity contribution in [2.24, 2.45) is 0 Å². The van der Waals surface area contributed by atoms with Crippen LogP contribution in [0.25, 0.3) is 0 Å². The first-order chi connectivity index (χ1) is 9.97. The van der Waals surface area contributed by atoms with Gasteiger partial charge in [0.2, 0.25) is 0 Å². The van der Waals surface area contributed by atoms with E-state index in [1.807, 2.05) is 30.3 Å². The lowest BCUT2D eigenvalue weighted by atomic mass is 10.0. The second kappa shape index (κ2) is 7.38. The van der Waals surface area contributed by atoms with Crippen molar-refractivity contribution in [3.05, 3.63) is 35.9 Å². The van der Waals surface area contributed by atoms with Crippen LogP contribution in [0.1, 0.15) is 39.4 Å². The minimum atomic E-state index is -2.01. The molecule has 0 saturated heterocycles. The van der Waals surface area contributed by atoms with Gasteiger partial charge in [0, 0.05) is 0 Å². The van der Waals surface area contributed by atoms with Crippen molar-refractivity contribution >= 4 is 30.0 Å².